The van der Waals surface area contributed by atoms with Crippen LogP contribution in [0, 0.1) is 5.92 Å². The molecule has 90 valence electrons. The lowest BCUT2D eigenvalue weighted by Gasteiger charge is -2.20. The van der Waals surface area contributed by atoms with E-state index in [2.05, 4.69) is 28.4 Å². The number of rotatable bonds is 4. The van der Waals surface area contributed by atoms with Crippen molar-refractivity contribution in [2.75, 3.05) is 30.7 Å². The zero-order chi connectivity index (χ0) is 11.5. The molecule has 0 aliphatic carbocycles. The normalized spacial score (nSPS) is 21.8. The molecule has 0 aromatic carbocycles. The first kappa shape index (κ1) is 11.7. The van der Waals surface area contributed by atoms with Crippen LogP contribution < -0.4 is 11.1 Å². The van der Waals surface area contributed by atoms with Crippen molar-refractivity contribution >= 4 is 22.4 Å². The van der Waals surface area contributed by atoms with E-state index in [-0.39, 0.29) is 0 Å². The van der Waals surface area contributed by atoms with Crippen molar-refractivity contribution in [2.24, 2.45) is 5.92 Å². The minimum Gasteiger partial charge on any atom is -0.383 e. The Morgan fingerprint density at radius 3 is 3.06 bits per heavy atom. The van der Waals surface area contributed by atoms with Crippen molar-refractivity contribution in [1.82, 2.24) is 9.27 Å². The van der Waals surface area contributed by atoms with Gasteiger partial charge in [-0.15, -0.1) is 0 Å². The van der Waals surface area contributed by atoms with E-state index >= 15 is 0 Å². The molecule has 1 aromatic heterocycles. The number of nitrogens with two attached hydrogens (primary N) is 1. The number of likely N-dealkylation sites (tertiary alicyclic amines) is 1. The Labute approximate surface area is 101 Å². The monoisotopic (exact) mass is 240 g/mol. The molecule has 0 spiro atoms. The lowest BCUT2D eigenvalue weighted by molar-refractivity contribution is 0.266. The van der Waals surface area contributed by atoms with Crippen molar-refractivity contribution in [3.8, 4) is 0 Å². The number of hydrogen-bond acceptors (Lipinski definition) is 5. The van der Waals surface area contributed by atoms with Crippen molar-refractivity contribution in [3.05, 3.63) is 6.07 Å². The van der Waals surface area contributed by atoms with Gasteiger partial charge in [0.1, 0.15) is 10.8 Å². The molecule has 0 amide bonds. The molecule has 5 heteroatoms. The van der Waals surface area contributed by atoms with Gasteiger partial charge in [0.15, 0.2) is 0 Å². The molecule has 1 aliphatic heterocycles. The van der Waals surface area contributed by atoms with Gasteiger partial charge < -0.3 is 16.0 Å². The summed E-state index contributed by atoms with van der Waals surface area (Å²) in [6.45, 7) is 8.00. The Morgan fingerprint density at radius 2 is 2.50 bits per heavy atom. The van der Waals surface area contributed by atoms with Crippen LogP contribution in [0.2, 0.25) is 0 Å². The van der Waals surface area contributed by atoms with Crippen molar-refractivity contribution in [2.45, 2.75) is 26.3 Å². The summed E-state index contributed by atoms with van der Waals surface area (Å²) in [6, 6.07) is 2.57. The van der Waals surface area contributed by atoms with Gasteiger partial charge in [-0.25, -0.2) is 0 Å². The maximum Gasteiger partial charge on any atom is 0.139 e. The zero-order valence-electron chi connectivity index (χ0n) is 9.94. The molecule has 0 bridgehead atoms. The van der Waals surface area contributed by atoms with Crippen LogP contribution in [0.15, 0.2) is 6.07 Å². The number of nitrogens with zero attached hydrogens (tertiary/aromatic N) is 2. The van der Waals surface area contributed by atoms with Crippen LogP contribution in [0.5, 0.6) is 0 Å². The number of anilines is 2. The van der Waals surface area contributed by atoms with Crippen LogP contribution in [0.3, 0.4) is 0 Å². The summed E-state index contributed by atoms with van der Waals surface area (Å²) in [7, 11) is 0. The summed E-state index contributed by atoms with van der Waals surface area (Å²) in [5.41, 5.74) is 5.58. The second kappa shape index (κ2) is 5.01. The van der Waals surface area contributed by atoms with Gasteiger partial charge in [-0.3, -0.25) is 0 Å². The highest BCUT2D eigenvalue weighted by atomic mass is 32.1. The topological polar surface area (TPSA) is 54.2 Å². The van der Waals surface area contributed by atoms with Gasteiger partial charge in [-0.05, 0) is 44.3 Å². The van der Waals surface area contributed by atoms with Crippen LogP contribution >= 0.6 is 11.5 Å². The first-order valence-corrected chi connectivity index (χ1v) is 6.62. The SMILES string of the molecule is CC(C)N1CCC(CNc2cc(N)ns2)C1. The molecule has 1 aliphatic rings. The first-order valence-electron chi connectivity index (χ1n) is 5.85. The van der Waals surface area contributed by atoms with Crippen molar-refractivity contribution in [1.29, 1.82) is 0 Å². The maximum atomic E-state index is 5.58. The molecule has 0 radical (unpaired) electrons. The number of nitrogens with one attached hydrogen (secondary N) is 1. The van der Waals surface area contributed by atoms with E-state index in [1.165, 1.54) is 31.0 Å². The first-order chi connectivity index (χ1) is 7.65. The highest BCUT2D eigenvalue weighted by Crippen LogP contribution is 2.21. The summed E-state index contributed by atoms with van der Waals surface area (Å²) in [5.74, 6) is 1.37. The summed E-state index contributed by atoms with van der Waals surface area (Å²) < 4.78 is 4.05. The fourth-order valence-corrected chi connectivity index (χ4v) is 2.69. The third-order valence-electron chi connectivity index (χ3n) is 3.14. The van der Waals surface area contributed by atoms with E-state index in [1.807, 2.05) is 6.07 Å². The number of hydrogen-bond donors (Lipinski definition) is 2. The Bertz CT molecular complexity index is 336. The average molecular weight is 240 g/mol. The molecule has 1 atom stereocenters. The van der Waals surface area contributed by atoms with E-state index in [9.17, 15) is 0 Å². The Kier molecular flexibility index (Phi) is 3.66. The number of aromatic nitrogens is 1. The molecule has 16 heavy (non-hydrogen) atoms. The molecule has 4 nitrogen and oxygen atoms in total. The van der Waals surface area contributed by atoms with Crippen LogP contribution in [0.4, 0.5) is 10.8 Å². The van der Waals surface area contributed by atoms with Crippen LogP contribution in [0.1, 0.15) is 20.3 Å². The van der Waals surface area contributed by atoms with E-state index < -0.39 is 0 Å². The van der Waals surface area contributed by atoms with Gasteiger partial charge in [0.25, 0.3) is 0 Å². The summed E-state index contributed by atoms with van der Waals surface area (Å²) >= 11 is 1.44. The molecule has 1 fully saturated rings. The summed E-state index contributed by atoms with van der Waals surface area (Å²) in [4.78, 5) is 2.54. The molecular weight excluding hydrogens is 220 g/mol. The molecule has 2 rings (SSSR count). The van der Waals surface area contributed by atoms with E-state index in [0.29, 0.717) is 11.9 Å². The second-order valence-electron chi connectivity index (χ2n) is 4.74. The van der Waals surface area contributed by atoms with E-state index in [1.54, 1.807) is 0 Å². The fraction of sp³-hybridized carbons (Fsp3) is 0.727. The number of nitrogen functional groups attached to an aromatic ring is 1. The van der Waals surface area contributed by atoms with Crippen LogP contribution in [-0.2, 0) is 0 Å². The lowest BCUT2D eigenvalue weighted by Crippen LogP contribution is -2.29. The van der Waals surface area contributed by atoms with Gasteiger partial charge in [-0.1, -0.05) is 0 Å². The van der Waals surface area contributed by atoms with Crippen molar-refractivity contribution in [3.63, 3.8) is 0 Å². The smallest absolute Gasteiger partial charge is 0.139 e. The van der Waals surface area contributed by atoms with Gasteiger partial charge in [0, 0.05) is 25.2 Å². The summed E-state index contributed by atoms with van der Waals surface area (Å²) in [5, 5.41) is 4.50. The second-order valence-corrected chi connectivity index (χ2v) is 5.55. The lowest BCUT2D eigenvalue weighted by atomic mass is 10.1. The van der Waals surface area contributed by atoms with Crippen molar-refractivity contribution < 1.29 is 0 Å². The predicted octanol–water partition coefficient (Wildman–Crippen LogP) is 1.87. The minimum atomic E-state index is 0.614. The molecule has 1 saturated heterocycles. The minimum absolute atomic E-state index is 0.614. The molecule has 2 heterocycles. The Hall–Kier alpha value is -0.810. The predicted molar refractivity (Wildman–Crippen MR) is 69.8 cm³/mol. The Balaban J connectivity index is 1.75. The molecular formula is C11H20N4S. The maximum absolute atomic E-state index is 5.58. The van der Waals surface area contributed by atoms with E-state index in [0.717, 1.165) is 17.5 Å². The zero-order valence-corrected chi connectivity index (χ0v) is 10.8. The highest BCUT2D eigenvalue weighted by molar-refractivity contribution is 7.10. The third-order valence-corrected chi connectivity index (χ3v) is 3.90. The van der Waals surface area contributed by atoms with Crippen LogP contribution in [-0.4, -0.2) is 34.9 Å². The molecule has 0 saturated carbocycles. The van der Waals surface area contributed by atoms with Gasteiger partial charge in [-0.2, -0.15) is 4.37 Å². The van der Waals surface area contributed by atoms with E-state index in [4.69, 9.17) is 5.73 Å². The molecule has 3 N–H and O–H groups in total. The van der Waals surface area contributed by atoms with Gasteiger partial charge in [0.05, 0.1) is 0 Å². The quantitative estimate of drug-likeness (QED) is 0.843. The molecule has 1 aromatic rings. The average Bonchev–Trinajstić information content (AvgIpc) is 2.83. The van der Waals surface area contributed by atoms with Gasteiger partial charge >= 0.3 is 0 Å². The Morgan fingerprint density at radius 1 is 1.69 bits per heavy atom. The standard InChI is InChI=1S/C11H20N4S/c1-8(2)15-4-3-9(7-15)6-13-11-5-10(12)14-16-11/h5,8-9,13H,3-4,6-7H2,1-2H3,(H2,12,14). The van der Waals surface area contributed by atoms with Gasteiger partial charge in [0.2, 0.25) is 0 Å². The third kappa shape index (κ3) is 2.86. The highest BCUT2D eigenvalue weighted by Gasteiger charge is 2.23. The largest absolute Gasteiger partial charge is 0.383 e. The molecule has 1 unspecified atom stereocenters. The van der Waals surface area contributed by atoms with Crippen LogP contribution in [0.25, 0.3) is 0 Å². The fourth-order valence-electron chi connectivity index (χ4n) is 2.12. The summed E-state index contributed by atoms with van der Waals surface area (Å²) in [6.07, 6.45) is 1.29.